The molecular formula is C64H89Br3O14S2. The lowest BCUT2D eigenvalue weighted by Gasteiger charge is -2.17. The van der Waals surface area contributed by atoms with Crippen LogP contribution in [0.3, 0.4) is 0 Å². The Hall–Kier alpha value is -4.81. The zero-order chi connectivity index (χ0) is 64.0. The fourth-order valence-corrected chi connectivity index (χ4v) is 11.6. The van der Waals surface area contributed by atoms with E-state index in [0.717, 1.165) is 65.0 Å². The molecule has 0 fully saturated rings. The van der Waals surface area contributed by atoms with Gasteiger partial charge in [-0.05, 0) is 186 Å². The van der Waals surface area contributed by atoms with Gasteiger partial charge in [-0.1, -0.05) is 169 Å². The molecular weight excluding hydrogens is 1300 g/mol. The summed E-state index contributed by atoms with van der Waals surface area (Å²) in [5.41, 5.74) is 7.05. The van der Waals surface area contributed by atoms with Crippen molar-refractivity contribution in [1.29, 1.82) is 0 Å². The maximum atomic E-state index is 13.6. The number of aldehydes is 2. The molecule has 0 amide bonds. The lowest BCUT2D eigenvalue weighted by molar-refractivity contribution is -0.193. The van der Waals surface area contributed by atoms with E-state index in [0.29, 0.717) is 77.9 Å². The summed E-state index contributed by atoms with van der Waals surface area (Å²) in [7, 11) is -7.13. The summed E-state index contributed by atoms with van der Waals surface area (Å²) in [5, 5.41) is 20.6. The van der Waals surface area contributed by atoms with Gasteiger partial charge in [0, 0.05) is 10.2 Å². The SMILES string of the molecule is C/C(C=O)=C\CC/C(C)=C/CC(/C=C(\C)CC/C=C(\C)C=O)S(=O)(=O)c1ccccc1.CCCBr.CCOC(=O)C(Br)C(O)/C(C)=C/CC/C(C)=C/CC(/C=C(\C)CC/C=C(\C)C(O)C(Br)CC)S(=O)(=O)c1ccccc1.O=C=O.O=C=O. The number of hydrogen-bond donors (Lipinski definition) is 2. The molecule has 0 heterocycles. The molecule has 0 spiro atoms. The van der Waals surface area contributed by atoms with Gasteiger partial charge in [-0.15, -0.1) is 0 Å². The van der Waals surface area contributed by atoms with Crippen molar-refractivity contribution >= 4 is 98.3 Å². The summed E-state index contributed by atoms with van der Waals surface area (Å²) in [4.78, 5) is 65.6. The van der Waals surface area contributed by atoms with Crippen LogP contribution in [-0.4, -0.2) is 102 Å². The van der Waals surface area contributed by atoms with Crippen molar-refractivity contribution in [2.75, 3.05) is 11.9 Å². The lowest BCUT2D eigenvalue weighted by Crippen LogP contribution is -2.31. The molecule has 0 radical (unpaired) electrons. The number of carbonyl (C=O) groups excluding carboxylic acids is 7. The van der Waals surface area contributed by atoms with Gasteiger partial charge in [-0.3, -0.25) is 14.4 Å². The highest BCUT2D eigenvalue weighted by atomic mass is 79.9. The highest BCUT2D eigenvalue weighted by molar-refractivity contribution is 9.10. The molecule has 0 aliphatic heterocycles. The first-order valence-electron chi connectivity index (χ1n) is 27.4. The molecule has 6 atom stereocenters. The highest BCUT2D eigenvalue weighted by Crippen LogP contribution is 2.26. The zero-order valence-electron chi connectivity index (χ0n) is 50.2. The zero-order valence-corrected chi connectivity index (χ0v) is 56.5. The molecule has 2 aromatic carbocycles. The molecule has 0 aromatic heterocycles. The van der Waals surface area contributed by atoms with Crippen LogP contribution in [0.15, 0.2) is 164 Å². The average Bonchev–Trinajstić information content (AvgIpc) is 3.47. The van der Waals surface area contributed by atoms with E-state index in [2.05, 4.69) is 54.7 Å². The normalized spacial score (nSPS) is 14.9. The maximum absolute atomic E-state index is 13.6. The first-order valence-corrected chi connectivity index (χ1v) is 33.4. The number of aliphatic hydroxyl groups is 2. The van der Waals surface area contributed by atoms with Gasteiger partial charge in [-0.2, -0.15) is 19.2 Å². The second kappa shape index (κ2) is 49.5. The Morgan fingerprint density at radius 1 is 0.554 bits per heavy atom. The average molecular weight is 1390 g/mol. The number of hydrogen-bond acceptors (Lipinski definition) is 14. The van der Waals surface area contributed by atoms with Crippen LogP contribution in [-0.2, 0) is 58.0 Å². The predicted octanol–water partition coefficient (Wildman–Crippen LogP) is 14.4. The van der Waals surface area contributed by atoms with E-state index in [-0.39, 0.29) is 23.7 Å². The molecule has 0 aliphatic rings. The van der Waals surface area contributed by atoms with Gasteiger partial charge in [0.2, 0.25) is 0 Å². The van der Waals surface area contributed by atoms with Crippen molar-refractivity contribution in [2.24, 2.45) is 0 Å². The fraction of sp³-hybridized carbons (Fsp3) is 0.484. The minimum absolute atomic E-state index is 0.0104. The van der Waals surface area contributed by atoms with Gasteiger partial charge < -0.3 is 14.9 Å². The smallest absolute Gasteiger partial charge is 0.373 e. The number of sulfone groups is 2. The number of ether oxygens (including phenoxy) is 1. The van der Waals surface area contributed by atoms with Gasteiger partial charge in [-0.25, -0.2) is 16.8 Å². The van der Waals surface area contributed by atoms with E-state index in [1.807, 2.05) is 90.2 Å². The van der Waals surface area contributed by atoms with E-state index >= 15 is 0 Å². The highest BCUT2D eigenvalue weighted by Gasteiger charge is 2.28. The molecule has 6 unspecified atom stereocenters. The predicted molar refractivity (Wildman–Crippen MR) is 342 cm³/mol. The van der Waals surface area contributed by atoms with Crippen LogP contribution in [0.25, 0.3) is 0 Å². The van der Waals surface area contributed by atoms with Crippen LogP contribution in [0.2, 0.25) is 0 Å². The number of aliphatic hydroxyl groups excluding tert-OH is 2. The number of benzene rings is 2. The van der Waals surface area contributed by atoms with Crippen molar-refractivity contribution < 1.29 is 65.3 Å². The van der Waals surface area contributed by atoms with Crippen molar-refractivity contribution in [3.63, 3.8) is 0 Å². The summed E-state index contributed by atoms with van der Waals surface area (Å²) >= 11 is 9.97. The van der Waals surface area contributed by atoms with Gasteiger partial charge >= 0.3 is 18.3 Å². The van der Waals surface area contributed by atoms with E-state index < -0.39 is 53.2 Å². The molecule has 0 aliphatic carbocycles. The standard InChI is InChI=1S/C33H48Br2O6S.C26H34O4S.C3H7Br.2CO2/c1-7-29(34)31(36)25(5)16-13-15-24(4)22-28(42(39,40)27-18-10-9-11-19-27)21-20-23(3)14-12-17-26(6)32(37)30(35)33(38)41-8-2;1-21(10-8-12-23(3)19-27)16-17-26(18-22(2)11-9-13-24(4)20-28)31(29,30)25-14-6-5-7-15-25;1-2-3-4;2*2-1-3/h9-11,16-20,22,28-32,36-37H,7-8,12-15,21H2,1-6H3;5-7,12-16,18-20,26H,8-11,17H2,1-4H3;2-3H2,1H3;;/b23-20+,24-22+,25-16+,26-17+;21-16+,22-18+,23-12+,24-13+;;;. The molecule has 0 bridgehead atoms. The Balaban J connectivity index is -0.00000137. The second-order valence-electron chi connectivity index (χ2n) is 19.4. The second-order valence-corrected chi connectivity index (χ2v) is 26.7. The first-order chi connectivity index (χ1) is 39.2. The molecule has 0 saturated carbocycles. The topological polar surface area (TPSA) is 237 Å². The third-order valence-corrected chi connectivity index (χ3v) is 19.2. The summed E-state index contributed by atoms with van der Waals surface area (Å²) in [6, 6.07) is 17.1. The quantitative estimate of drug-likeness (QED) is 0.0228. The largest absolute Gasteiger partial charge is 0.465 e. The van der Waals surface area contributed by atoms with Crippen LogP contribution in [0, 0.1) is 0 Å². The Labute approximate surface area is 521 Å². The molecule has 14 nitrogen and oxygen atoms in total. The van der Waals surface area contributed by atoms with E-state index in [1.165, 1.54) is 6.42 Å². The maximum Gasteiger partial charge on any atom is 0.373 e. The number of alkyl halides is 3. The van der Waals surface area contributed by atoms with E-state index in [9.17, 15) is 41.4 Å². The summed E-state index contributed by atoms with van der Waals surface area (Å²) in [6.45, 7) is 21.2. The third kappa shape index (κ3) is 38.0. The minimum atomic E-state index is -3.61. The molecule has 462 valence electrons. The molecule has 83 heavy (non-hydrogen) atoms. The van der Waals surface area contributed by atoms with Crippen molar-refractivity contribution in [3.05, 3.63) is 154 Å². The van der Waals surface area contributed by atoms with E-state index in [4.69, 9.17) is 23.9 Å². The Morgan fingerprint density at radius 3 is 1.19 bits per heavy atom. The van der Waals surface area contributed by atoms with Gasteiger partial charge in [0.25, 0.3) is 0 Å². The third-order valence-electron chi connectivity index (χ3n) is 12.3. The van der Waals surface area contributed by atoms with Crippen LogP contribution < -0.4 is 0 Å². The van der Waals surface area contributed by atoms with Crippen molar-refractivity contribution in [2.45, 2.75) is 195 Å². The van der Waals surface area contributed by atoms with Crippen LogP contribution in [0.5, 0.6) is 0 Å². The summed E-state index contributed by atoms with van der Waals surface area (Å²) < 4.78 is 58.7. The van der Waals surface area contributed by atoms with E-state index in [1.54, 1.807) is 88.4 Å². The van der Waals surface area contributed by atoms with Gasteiger partial charge in [0.15, 0.2) is 19.7 Å². The molecule has 2 aromatic rings. The first kappa shape index (κ1) is 82.4. The van der Waals surface area contributed by atoms with Gasteiger partial charge in [0.05, 0.1) is 39.1 Å². The van der Waals surface area contributed by atoms with Crippen molar-refractivity contribution in [3.8, 4) is 0 Å². The van der Waals surface area contributed by atoms with Gasteiger partial charge in [0.1, 0.15) is 17.4 Å². The molecule has 2 rings (SSSR count). The van der Waals surface area contributed by atoms with Crippen LogP contribution in [0.1, 0.15) is 153 Å². The number of esters is 1. The van der Waals surface area contributed by atoms with Crippen LogP contribution in [0.4, 0.5) is 0 Å². The van der Waals surface area contributed by atoms with Crippen LogP contribution >= 0.6 is 47.8 Å². The number of allylic oxidation sites excluding steroid dienone is 12. The molecule has 19 heteroatoms. The summed E-state index contributed by atoms with van der Waals surface area (Å²) in [6.07, 6.45) is 24.4. The molecule has 0 saturated heterocycles. The Bertz CT molecular complexity index is 2740. The Morgan fingerprint density at radius 2 is 0.880 bits per heavy atom. The number of carbonyl (C=O) groups is 3. The number of halogens is 3. The molecule has 2 N–H and O–H groups in total. The Kier molecular flexibility index (Phi) is 49.1. The summed E-state index contributed by atoms with van der Waals surface area (Å²) in [5.74, 6) is -0.504. The monoisotopic (exact) mass is 1380 g/mol. The minimum Gasteiger partial charge on any atom is -0.465 e. The fourth-order valence-electron chi connectivity index (χ4n) is 7.32. The van der Waals surface area contributed by atoms with Crippen molar-refractivity contribution in [1.82, 2.24) is 0 Å². The lowest BCUT2D eigenvalue weighted by atomic mass is 10.0. The number of rotatable bonds is 32.